The fourth-order valence-electron chi connectivity index (χ4n) is 3.52. The molecule has 0 aromatic heterocycles. The number of likely N-dealkylation sites (N-methyl/N-ethyl adjacent to an activating group) is 1. The molecular formula is C23H46NO5+. The zero-order valence-electron chi connectivity index (χ0n) is 19.3. The molecule has 0 aliphatic carbocycles. The molecule has 6 heteroatoms. The lowest BCUT2D eigenvalue weighted by Crippen LogP contribution is -2.44. The first kappa shape index (κ1) is 27.9. The predicted octanol–water partition coefficient (Wildman–Crippen LogP) is 4.53. The summed E-state index contributed by atoms with van der Waals surface area (Å²) in [5, 5.41) is 19.1. The van der Waals surface area contributed by atoms with Crippen molar-refractivity contribution in [2.75, 3.05) is 27.7 Å². The molecule has 0 unspecified atom stereocenters. The van der Waals surface area contributed by atoms with Crippen molar-refractivity contribution in [3.63, 3.8) is 0 Å². The lowest BCUT2D eigenvalue weighted by Gasteiger charge is -2.28. The van der Waals surface area contributed by atoms with E-state index in [9.17, 15) is 14.7 Å². The standard InChI is InChI=1S/C23H45NO5/c1-5-6-7-8-9-10-11-12-13-14-15-16-20(25)17-23(28)29-21(18-22(26)27)19-24(2,3)4/h20-21,25H,5-19H2,1-4H3/p+1/t20-,21+/m0/s1. The molecule has 0 amide bonds. The molecule has 29 heavy (non-hydrogen) atoms. The lowest BCUT2D eigenvalue weighted by molar-refractivity contribution is -0.873. The van der Waals surface area contributed by atoms with Gasteiger partial charge in [0.1, 0.15) is 6.54 Å². The molecule has 0 fully saturated rings. The first-order chi connectivity index (χ1) is 13.6. The Hall–Kier alpha value is -1.14. The third-order valence-corrected chi connectivity index (χ3v) is 4.99. The quantitative estimate of drug-likeness (QED) is 0.184. The molecule has 0 aliphatic heterocycles. The molecule has 0 bridgehead atoms. The molecule has 2 atom stereocenters. The highest BCUT2D eigenvalue weighted by Gasteiger charge is 2.25. The monoisotopic (exact) mass is 416 g/mol. The summed E-state index contributed by atoms with van der Waals surface area (Å²) in [7, 11) is 5.76. The van der Waals surface area contributed by atoms with Crippen LogP contribution in [0.15, 0.2) is 0 Å². The van der Waals surface area contributed by atoms with Crippen molar-refractivity contribution in [3.8, 4) is 0 Å². The van der Waals surface area contributed by atoms with E-state index >= 15 is 0 Å². The van der Waals surface area contributed by atoms with Crippen LogP contribution in [0.25, 0.3) is 0 Å². The number of quaternary nitrogens is 1. The van der Waals surface area contributed by atoms with Crippen LogP contribution < -0.4 is 0 Å². The largest absolute Gasteiger partial charge is 0.481 e. The second-order valence-corrected chi connectivity index (χ2v) is 9.36. The summed E-state index contributed by atoms with van der Waals surface area (Å²) in [5.74, 6) is -1.50. The number of aliphatic carboxylic acids is 1. The molecule has 6 nitrogen and oxygen atoms in total. The van der Waals surface area contributed by atoms with Crippen LogP contribution in [0.3, 0.4) is 0 Å². The van der Waals surface area contributed by atoms with Gasteiger partial charge in [-0.15, -0.1) is 0 Å². The van der Waals surface area contributed by atoms with Gasteiger partial charge in [0.25, 0.3) is 0 Å². The van der Waals surface area contributed by atoms with E-state index in [1.165, 1.54) is 57.8 Å². The van der Waals surface area contributed by atoms with Crippen molar-refractivity contribution in [2.24, 2.45) is 0 Å². The number of hydrogen-bond acceptors (Lipinski definition) is 4. The molecular weight excluding hydrogens is 370 g/mol. The van der Waals surface area contributed by atoms with Gasteiger partial charge in [0.15, 0.2) is 6.10 Å². The van der Waals surface area contributed by atoms with Crippen LogP contribution in [0, 0.1) is 0 Å². The maximum atomic E-state index is 12.1. The Kier molecular flexibility index (Phi) is 16.0. The summed E-state index contributed by atoms with van der Waals surface area (Å²) in [6.45, 7) is 2.66. The van der Waals surface area contributed by atoms with E-state index in [-0.39, 0.29) is 12.8 Å². The zero-order valence-corrected chi connectivity index (χ0v) is 19.3. The van der Waals surface area contributed by atoms with E-state index < -0.39 is 24.1 Å². The highest BCUT2D eigenvalue weighted by atomic mass is 16.5. The minimum atomic E-state index is -0.988. The third-order valence-electron chi connectivity index (χ3n) is 4.99. The van der Waals surface area contributed by atoms with E-state index in [0.29, 0.717) is 17.4 Å². The first-order valence-electron chi connectivity index (χ1n) is 11.5. The third kappa shape index (κ3) is 19.9. The number of carbonyl (C=O) groups is 2. The fraction of sp³-hybridized carbons (Fsp3) is 0.913. The Morgan fingerprint density at radius 1 is 0.828 bits per heavy atom. The van der Waals surface area contributed by atoms with Gasteiger partial charge in [-0.3, -0.25) is 9.59 Å². The molecule has 0 saturated carbocycles. The molecule has 2 N–H and O–H groups in total. The second kappa shape index (κ2) is 16.6. The summed E-state index contributed by atoms with van der Waals surface area (Å²) in [6, 6.07) is 0. The highest BCUT2D eigenvalue weighted by molar-refractivity contribution is 5.71. The summed E-state index contributed by atoms with van der Waals surface area (Å²) < 4.78 is 5.83. The van der Waals surface area contributed by atoms with Crippen molar-refractivity contribution in [2.45, 2.75) is 109 Å². The van der Waals surface area contributed by atoms with E-state index in [1.807, 2.05) is 21.1 Å². The molecule has 0 saturated heterocycles. The summed E-state index contributed by atoms with van der Waals surface area (Å²) in [5.41, 5.74) is 0. The number of esters is 1. The average molecular weight is 417 g/mol. The Morgan fingerprint density at radius 3 is 1.76 bits per heavy atom. The number of ether oxygens (including phenoxy) is 1. The number of carboxylic acids is 1. The summed E-state index contributed by atoms with van der Waals surface area (Å²) in [6.07, 6.45) is 12.7. The molecule has 0 aromatic carbocycles. The van der Waals surface area contributed by atoms with Crippen molar-refractivity contribution in [1.29, 1.82) is 0 Å². The number of aliphatic hydroxyl groups is 1. The highest BCUT2D eigenvalue weighted by Crippen LogP contribution is 2.14. The number of unbranched alkanes of at least 4 members (excludes halogenated alkanes) is 10. The van der Waals surface area contributed by atoms with Gasteiger partial charge >= 0.3 is 11.9 Å². The fourth-order valence-corrected chi connectivity index (χ4v) is 3.52. The summed E-state index contributed by atoms with van der Waals surface area (Å²) >= 11 is 0. The Labute approximate surface area is 178 Å². The van der Waals surface area contributed by atoms with Crippen LogP contribution in [-0.4, -0.2) is 66.5 Å². The van der Waals surface area contributed by atoms with Gasteiger partial charge in [0.05, 0.1) is 40.1 Å². The minimum absolute atomic E-state index is 0.0645. The molecule has 0 spiro atoms. The Morgan fingerprint density at radius 2 is 1.31 bits per heavy atom. The van der Waals surface area contributed by atoms with Crippen molar-refractivity contribution in [1.82, 2.24) is 0 Å². The van der Waals surface area contributed by atoms with E-state index in [0.717, 1.165) is 12.8 Å². The van der Waals surface area contributed by atoms with Gasteiger partial charge in [-0.25, -0.2) is 0 Å². The van der Waals surface area contributed by atoms with Crippen LogP contribution in [0.2, 0.25) is 0 Å². The number of nitrogens with zero attached hydrogens (tertiary/aromatic N) is 1. The van der Waals surface area contributed by atoms with Gasteiger partial charge in [0, 0.05) is 0 Å². The topological polar surface area (TPSA) is 83.8 Å². The Bertz CT molecular complexity index is 433. The molecule has 0 rings (SSSR count). The smallest absolute Gasteiger partial charge is 0.308 e. The first-order valence-corrected chi connectivity index (χ1v) is 11.5. The maximum Gasteiger partial charge on any atom is 0.308 e. The molecule has 0 aliphatic rings. The molecule has 0 aromatic rings. The van der Waals surface area contributed by atoms with E-state index in [4.69, 9.17) is 9.84 Å². The maximum absolute atomic E-state index is 12.1. The van der Waals surface area contributed by atoms with Crippen molar-refractivity contribution in [3.05, 3.63) is 0 Å². The number of hydrogen-bond donors (Lipinski definition) is 2. The summed E-state index contributed by atoms with van der Waals surface area (Å²) in [4.78, 5) is 23.0. The van der Waals surface area contributed by atoms with Crippen LogP contribution >= 0.6 is 0 Å². The van der Waals surface area contributed by atoms with Gasteiger partial charge in [-0.05, 0) is 6.42 Å². The van der Waals surface area contributed by atoms with E-state index in [1.54, 1.807) is 0 Å². The number of carbonyl (C=O) groups excluding carboxylic acids is 1. The van der Waals surface area contributed by atoms with Crippen molar-refractivity contribution >= 4 is 11.9 Å². The van der Waals surface area contributed by atoms with Gasteiger partial charge in [-0.2, -0.15) is 0 Å². The Balaban J connectivity index is 3.82. The molecule has 0 heterocycles. The van der Waals surface area contributed by atoms with Gasteiger partial charge < -0.3 is 19.4 Å². The zero-order chi connectivity index (χ0) is 22.1. The van der Waals surface area contributed by atoms with Gasteiger partial charge in [-0.1, -0.05) is 77.6 Å². The number of rotatable bonds is 19. The van der Waals surface area contributed by atoms with Crippen LogP contribution in [0.1, 0.15) is 96.8 Å². The lowest BCUT2D eigenvalue weighted by atomic mass is 10.0. The number of aliphatic hydroxyl groups excluding tert-OH is 1. The van der Waals surface area contributed by atoms with Crippen molar-refractivity contribution < 1.29 is 29.0 Å². The molecule has 172 valence electrons. The predicted molar refractivity (Wildman–Crippen MR) is 117 cm³/mol. The van der Waals surface area contributed by atoms with E-state index in [2.05, 4.69) is 6.92 Å². The number of carboxylic acid groups (broad SMARTS) is 1. The van der Waals surface area contributed by atoms with Crippen LogP contribution in [0.4, 0.5) is 0 Å². The minimum Gasteiger partial charge on any atom is -0.481 e. The normalized spacial score (nSPS) is 13.8. The molecule has 0 radical (unpaired) electrons. The average Bonchev–Trinajstić information content (AvgIpc) is 2.57. The second-order valence-electron chi connectivity index (χ2n) is 9.36. The van der Waals surface area contributed by atoms with Crippen LogP contribution in [0.5, 0.6) is 0 Å². The van der Waals surface area contributed by atoms with Gasteiger partial charge in [0.2, 0.25) is 0 Å². The SMILES string of the molecule is CCCCCCCCCCCCC[C@H](O)CC(=O)O[C@H](CC(=O)O)C[N+](C)(C)C. The van der Waals surface area contributed by atoms with Crippen LogP contribution in [-0.2, 0) is 14.3 Å².